The molecule has 1 heterocycles. The highest BCUT2D eigenvalue weighted by molar-refractivity contribution is 5.78. The fourth-order valence-electron chi connectivity index (χ4n) is 3.06. The number of aliphatic carboxylic acids is 1. The van der Waals surface area contributed by atoms with Crippen molar-refractivity contribution in [3.63, 3.8) is 0 Å². The van der Waals surface area contributed by atoms with E-state index in [2.05, 4.69) is 0 Å². The number of likely N-dealkylation sites (tertiary alicyclic amines) is 1. The largest absolute Gasteiger partial charge is 0.481 e. The number of carboxylic acids is 1. The predicted octanol–water partition coefficient (Wildman–Crippen LogP) is 0.0123. The van der Waals surface area contributed by atoms with Gasteiger partial charge >= 0.3 is 5.97 Å². The third-order valence-corrected chi connectivity index (χ3v) is 4.38. The minimum absolute atomic E-state index is 0.0798. The molecule has 0 aromatic heterocycles. The average molecular weight is 284 g/mol. The van der Waals surface area contributed by atoms with Gasteiger partial charge in [0.05, 0.1) is 18.6 Å². The van der Waals surface area contributed by atoms with Crippen LogP contribution in [-0.4, -0.2) is 71.2 Å². The molecule has 0 aromatic rings. The number of hydrogen-bond acceptors (Lipinski definition) is 4. The van der Waals surface area contributed by atoms with Gasteiger partial charge in [-0.2, -0.15) is 0 Å². The number of aliphatic hydroxyl groups excluding tert-OH is 1. The highest BCUT2D eigenvalue weighted by atomic mass is 16.4. The fourth-order valence-corrected chi connectivity index (χ4v) is 3.06. The fraction of sp³-hybridized carbons (Fsp3) is 0.857. The molecule has 1 saturated heterocycles. The first-order valence-corrected chi connectivity index (χ1v) is 7.33. The van der Waals surface area contributed by atoms with Crippen LogP contribution in [0, 0.1) is 11.8 Å². The lowest BCUT2D eigenvalue weighted by Crippen LogP contribution is -2.46. The van der Waals surface area contributed by atoms with E-state index in [1.54, 1.807) is 4.90 Å². The molecule has 20 heavy (non-hydrogen) atoms. The third-order valence-electron chi connectivity index (χ3n) is 4.38. The van der Waals surface area contributed by atoms with Crippen LogP contribution >= 0.6 is 0 Å². The van der Waals surface area contributed by atoms with Crippen molar-refractivity contribution in [2.45, 2.75) is 31.8 Å². The maximum absolute atomic E-state index is 12.1. The standard InChI is InChI=1S/C14H24N2O4/c1-15(8-10-6-12(17)7-10)9-13(18)16-4-2-11(3-5-16)14(19)20/h10-12,17H,2-9H2,1H3,(H,19,20). The van der Waals surface area contributed by atoms with Gasteiger partial charge in [-0.3, -0.25) is 14.5 Å². The van der Waals surface area contributed by atoms with E-state index in [1.165, 1.54) is 0 Å². The average Bonchev–Trinajstić information content (AvgIpc) is 2.37. The number of piperidine rings is 1. The second kappa shape index (κ2) is 6.54. The van der Waals surface area contributed by atoms with Crippen molar-refractivity contribution < 1.29 is 19.8 Å². The molecule has 2 aliphatic rings. The first-order valence-electron chi connectivity index (χ1n) is 7.33. The van der Waals surface area contributed by atoms with Crippen molar-refractivity contribution in [2.24, 2.45) is 11.8 Å². The van der Waals surface area contributed by atoms with Crippen molar-refractivity contribution in [1.82, 2.24) is 9.80 Å². The van der Waals surface area contributed by atoms with Crippen LogP contribution in [0.25, 0.3) is 0 Å². The number of amides is 1. The number of likely N-dealkylation sites (N-methyl/N-ethyl adjacent to an activating group) is 1. The second-order valence-corrected chi connectivity index (χ2v) is 6.18. The van der Waals surface area contributed by atoms with E-state index in [4.69, 9.17) is 5.11 Å². The van der Waals surface area contributed by atoms with Crippen LogP contribution in [0.15, 0.2) is 0 Å². The summed E-state index contributed by atoms with van der Waals surface area (Å²) in [7, 11) is 1.92. The van der Waals surface area contributed by atoms with Crippen LogP contribution in [0.3, 0.4) is 0 Å². The monoisotopic (exact) mass is 284 g/mol. The molecule has 1 aliphatic heterocycles. The summed E-state index contributed by atoms with van der Waals surface area (Å²) >= 11 is 0. The highest BCUT2D eigenvalue weighted by Gasteiger charge is 2.30. The lowest BCUT2D eigenvalue weighted by molar-refractivity contribution is -0.146. The first-order chi connectivity index (χ1) is 9.45. The van der Waals surface area contributed by atoms with E-state index < -0.39 is 5.97 Å². The summed E-state index contributed by atoms with van der Waals surface area (Å²) in [5.74, 6) is -0.470. The molecule has 1 aliphatic carbocycles. The van der Waals surface area contributed by atoms with Crippen molar-refractivity contribution in [1.29, 1.82) is 0 Å². The Kier molecular flexibility index (Phi) is 4.99. The molecule has 0 atom stereocenters. The van der Waals surface area contributed by atoms with Gasteiger partial charge in [0.15, 0.2) is 0 Å². The Morgan fingerprint density at radius 1 is 1.25 bits per heavy atom. The molecule has 2 fully saturated rings. The lowest BCUT2D eigenvalue weighted by atomic mass is 9.82. The maximum Gasteiger partial charge on any atom is 0.306 e. The van der Waals surface area contributed by atoms with E-state index in [1.807, 2.05) is 11.9 Å². The minimum Gasteiger partial charge on any atom is -0.481 e. The number of carboxylic acid groups (broad SMARTS) is 1. The van der Waals surface area contributed by atoms with Gasteiger partial charge in [0.2, 0.25) is 5.91 Å². The van der Waals surface area contributed by atoms with Crippen LogP contribution in [0.5, 0.6) is 0 Å². The Morgan fingerprint density at radius 2 is 1.85 bits per heavy atom. The molecule has 6 heteroatoms. The Morgan fingerprint density at radius 3 is 2.35 bits per heavy atom. The van der Waals surface area contributed by atoms with Gasteiger partial charge in [-0.05, 0) is 38.6 Å². The quantitative estimate of drug-likeness (QED) is 0.743. The van der Waals surface area contributed by atoms with Crippen molar-refractivity contribution in [2.75, 3.05) is 33.2 Å². The van der Waals surface area contributed by atoms with Crippen LogP contribution in [0.1, 0.15) is 25.7 Å². The second-order valence-electron chi connectivity index (χ2n) is 6.18. The van der Waals surface area contributed by atoms with Crippen LogP contribution in [0.4, 0.5) is 0 Å². The van der Waals surface area contributed by atoms with Gasteiger partial charge < -0.3 is 15.1 Å². The molecule has 1 amide bonds. The van der Waals surface area contributed by atoms with E-state index in [0.717, 1.165) is 19.4 Å². The summed E-state index contributed by atoms with van der Waals surface area (Å²) in [6.07, 6.45) is 2.63. The summed E-state index contributed by atoms with van der Waals surface area (Å²) in [6.45, 7) is 2.32. The molecule has 0 unspecified atom stereocenters. The van der Waals surface area contributed by atoms with Crippen molar-refractivity contribution in [3.8, 4) is 0 Å². The number of carbonyl (C=O) groups is 2. The normalized spacial score (nSPS) is 27.4. The molecule has 0 aromatic carbocycles. The molecule has 114 valence electrons. The molecule has 2 rings (SSSR count). The molecule has 6 nitrogen and oxygen atoms in total. The highest BCUT2D eigenvalue weighted by Crippen LogP contribution is 2.27. The van der Waals surface area contributed by atoms with E-state index in [0.29, 0.717) is 38.4 Å². The molecule has 1 saturated carbocycles. The number of hydrogen-bond donors (Lipinski definition) is 2. The zero-order valence-electron chi connectivity index (χ0n) is 12.0. The number of aliphatic hydroxyl groups is 1. The van der Waals surface area contributed by atoms with Crippen LogP contribution in [0.2, 0.25) is 0 Å². The van der Waals surface area contributed by atoms with E-state index in [-0.39, 0.29) is 17.9 Å². The molecule has 0 spiro atoms. The molecular weight excluding hydrogens is 260 g/mol. The first kappa shape index (κ1) is 15.3. The van der Waals surface area contributed by atoms with Crippen molar-refractivity contribution in [3.05, 3.63) is 0 Å². The van der Waals surface area contributed by atoms with Gasteiger partial charge in [-0.1, -0.05) is 0 Å². The van der Waals surface area contributed by atoms with Gasteiger partial charge in [0, 0.05) is 19.6 Å². The van der Waals surface area contributed by atoms with Crippen molar-refractivity contribution >= 4 is 11.9 Å². The third kappa shape index (κ3) is 3.93. The molecule has 2 N–H and O–H groups in total. The van der Waals surface area contributed by atoms with E-state index >= 15 is 0 Å². The van der Waals surface area contributed by atoms with Crippen LogP contribution in [-0.2, 0) is 9.59 Å². The van der Waals surface area contributed by atoms with Gasteiger partial charge in [0.25, 0.3) is 0 Å². The van der Waals surface area contributed by atoms with Gasteiger partial charge in [-0.15, -0.1) is 0 Å². The Balaban J connectivity index is 1.68. The van der Waals surface area contributed by atoms with E-state index in [9.17, 15) is 14.7 Å². The smallest absolute Gasteiger partial charge is 0.306 e. The summed E-state index contributed by atoms with van der Waals surface area (Å²) in [5, 5.41) is 18.2. The number of rotatable bonds is 5. The summed E-state index contributed by atoms with van der Waals surface area (Å²) in [5.41, 5.74) is 0. The van der Waals surface area contributed by atoms with Gasteiger partial charge in [0.1, 0.15) is 0 Å². The summed E-state index contributed by atoms with van der Waals surface area (Å²) in [4.78, 5) is 26.8. The van der Waals surface area contributed by atoms with Gasteiger partial charge in [-0.25, -0.2) is 0 Å². The lowest BCUT2D eigenvalue weighted by Gasteiger charge is -2.35. The molecule has 0 radical (unpaired) electrons. The zero-order valence-corrected chi connectivity index (χ0v) is 12.0. The zero-order chi connectivity index (χ0) is 14.7. The topological polar surface area (TPSA) is 81.1 Å². The molecule has 0 bridgehead atoms. The molecular formula is C14H24N2O4. The summed E-state index contributed by atoms with van der Waals surface area (Å²) < 4.78 is 0. The number of carbonyl (C=O) groups excluding carboxylic acids is 1. The Labute approximate surface area is 119 Å². The van der Waals surface area contributed by atoms with Crippen LogP contribution < -0.4 is 0 Å². The minimum atomic E-state index is -0.752. The SMILES string of the molecule is CN(CC(=O)N1CCC(C(=O)O)CC1)CC1CC(O)C1. The maximum atomic E-state index is 12.1. The Bertz CT molecular complexity index is 360. The predicted molar refractivity (Wildman–Crippen MR) is 73.2 cm³/mol. The Hall–Kier alpha value is -1.14. The summed E-state index contributed by atoms with van der Waals surface area (Å²) in [6, 6.07) is 0. The number of nitrogens with zero attached hydrogens (tertiary/aromatic N) is 2.